The van der Waals surface area contributed by atoms with E-state index in [0.29, 0.717) is 12.8 Å². The molecule has 1 fully saturated rings. The number of rotatable bonds is 22. The summed E-state index contributed by atoms with van der Waals surface area (Å²) in [6, 6.07) is 4.94. The number of Topliss-reactive ketones (excluding diaryl/α,β-unsaturated/α-hetero) is 2. The Balaban J connectivity index is 1.46. The average molecular weight is 606 g/mol. The number of nitrogens with one attached hydrogen (secondary N) is 2. The zero-order valence-corrected chi connectivity index (χ0v) is 25.3. The lowest BCUT2D eigenvalue weighted by Gasteiger charge is -2.24. The van der Waals surface area contributed by atoms with Crippen LogP contribution in [0.4, 0.5) is 0 Å². The van der Waals surface area contributed by atoms with Crippen molar-refractivity contribution in [2.75, 3.05) is 46.1 Å². The summed E-state index contributed by atoms with van der Waals surface area (Å²) in [5.41, 5.74) is 14.9. The van der Waals surface area contributed by atoms with Gasteiger partial charge in [0.1, 0.15) is 12.4 Å². The molecular weight excluding hydrogens is 556 g/mol. The van der Waals surface area contributed by atoms with Gasteiger partial charge in [-0.2, -0.15) is 0 Å². The molecule has 1 aromatic carbocycles. The van der Waals surface area contributed by atoms with Crippen molar-refractivity contribution < 1.29 is 38.9 Å². The van der Waals surface area contributed by atoms with Crippen molar-refractivity contribution >= 4 is 23.4 Å². The highest BCUT2D eigenvalue weighted by Gasteiger charge is 2.28. The fraction of sp³-hybridized carbons (Fsp3) is 0.677. The molecule has 1 radical (unpaired) electrons. The van der Waals surface area contributed by atoms with Gasteiger partial charge in [0.15, 0.2) is 11.6 Å². The normalized spacial score (nSPS) is 16.9. The quantitative estimate of drug-likeness (QED) is 0.140. The van der Waals surface area contributed by atoms with Crippen LogP contribution in [-0.2, 0) is 35.1 Å². The summed E-state index contributed by atoms with van der Waals surface area (Å²) in [5, 5.41) is 21.5. The van der Waals surface area contributed by atoms with Crippen LogP contribution < -0.4 is 16.8 Å². The number of likely N-dealkylation sites (tertiary alicyclic amines) is 1. The van der Waals surface area contributed by atoms with Crippen LogP contribution in [0, 0.1) is 5.92 Å². The number of ether oxygens (including phenoxy) is 2. The van der Waals surface area contributed by atoms with Gasteiger partial charge in [-0.05, 0) is 56.7 Å². The first-order valence-corrected chi connectivity index (χ1v) is 15.3. The summed E-state index contributed by atoms with van der Waals surface area (Å²) in [7, 11) is 0. The first kappa shape index (κ1) is 36.3. The van der Waals surface area contributed by atoms with Gasteiger partial charge < -0.3 is 35.6 Å². The number of phenols is 1. The molecule has 0 aliphatic carbocycles. The van der Waals surface area contributed by atoms with Crippen LogP contribution in [0.2, 0.25) is 0 Å². The average Bonchev–Trinajstić information content (AvgIpc) is 3.42. The number of hydrogen-bond acceptors (Lipinski definition) is 9. The van der Waals surface area contributed by atoms with Crippen molar-refractivity contribution in [3.63, 3.8) is 0 Å². The summed E-state index contributed by atoms with van der Waals surface area (Å²) in [5.74, 6) is -1.77. The molecule has 1 aliphatic heterocycles. The maximum atomic E-state index is 12.4. The van der Waals surface area contributed by atoms with Crippen LogP contribution in [0.25, 0.3) is 0 Å². The molecule has 0 unspecified atom stereocenters. The lowest BCUT2D eigenvalue weighted by atomic mass is 9.95. The van der Waals surface area contributed by atoms with Crippen molar-refractivity contribution in [2.45, 2.75) is 82.8 Å². The van der Waals surface area contributed by atoms with E-state index in [2.05, 4.69) is 12.2 Å². The highest BCUT2D eigenvalue weighted by molar-refractivity contribution is 5.89. The Bertz CT molecular complexity index is 1010. The van der Waals surface area contributed by atoms with Gasteiger partial charge >= 0.3 is 0 Å². The third-order valence-corrected chi connectivity index (χ3v) is 7.61. The van der Waals surface area contributed by atoms with E-state index in [9.17, 15) is 29.4 Å². The van der Waals surface area contributed by atoms with Gasteiger partial charge in [-0.1, -0.05) is 25.0 Å². The third kappa shape index (κ3) is 14.0. The first-order chi connectivity index (χ1) is 20.6. The minimum absolute atomic E-state index is 0.000884. The fourth-order valence-electron chi connectivity index (χ4n) is 4.94. The Kier molecular flexibility index (Phi) is 17.0. The highest BCUT2D eigenvalue weighted by atomic mass is 16.5. The number of aromatic hydroxyl groups is 1. The van der Waals surface area contributed by atoms with Gasteiger partial charge in [-0.25, -0.2) is 5.73 Å². The number of unbranched alkanes of at least 4 members (excludes halogenated alkanes) is 2. The number of aliphatic hydroxyl groups excluding tert-OH is 1. The number of benzene rings is 1. The number of amides is 2. The van der Waals surface area contributed by atoms with Gasteiger partial charge in [0, 0.05) is 32.0 Å². The molecule has 6 N–H and O–H groups in total. The second-order valence-electron chi connectivity index (χ2n) is 11.2. The monoisotopic (exact) mass is 605 g/mol. The number of hydrogen-bond donors (Lipinski definition) is 4. The summed E-state index contributed by atoms with van der Waals surface area (Å²) in [6.07, 6.45) is 5.34. The molecule has 2 amide bonds. The van der Waals surface area contributed by atoms with E-state index in [1.807, 2.05) is 4.90 Å². The van der Waals surface area contributed by atoms with Crippen LogP contribution in [0.5, 0.6) is 5.75 Å². The van der Waals surface area contributed by atoms with E-state index in [0.717, 1.165) is 44.2 Å². The summed E-state index contributed by atoms with van der Waals surface area (Å²) >= 11 is 0. The molecule has 0 spiro atoms. The SMILES string of the molecule is C[C@@H]1CCCN1C(=O)[C@@H](N)CCCCCC(=O)COCCOCCNC(=O)[C@H](CO)CC(=O)[C@@H]([NH])Cc1ccc(O)cc1. The number of nitrogens with zero attached hydrogens (tertiary/aromatic N) is 1. The number of ketones is 2. The topological polar surface area (TPSA) is 192 Å². The lowest BCUT2D eigenvalue weighted by molar-refractivity contribution is -0.133. The summed E-state index contributed by atoms with van der Waals surface area (Å²) in [6.45, 7) is 3.16. The minimum atomic E-state index is -1.08. The van der Waals surface area contributed by atoms with E-state index < -0.39 is 36.3 Å². The second-order valence-corrected chi connectivity index (χ2v) is 11.2. The summed E-state index contributed by atoms with van der Waals surface area (Å²) in [4.78, 5) is 51.0. The van der Waals surface area contributed by atoms with E-state index in [-0.39, 0.29) is 69.3 Å². The molecule has 241 valence electrons. The zero-order valence-electron chi connectivity index (χ0n) is 25.3. The molecule has 0 aromatic heterocycles. The Morgan fingerprint density at radius 3 is 2.49 bits per heavy atom. The predicted octanol–water partition coefficient (Wildman–Crippen LogP) is 1.16. The van der Waals surface area contributed by atoms with Crippen LogP contribution in [0.3, 0.4) is 0 Å². The highest BCUT2D eigenvalue weighted by Crippen LogP contribution is 2.18. The van der Waals surface area contributed by atoms with E-state index >= 15 is 0 Å². The molecule has 12 nitrogen and oxygen atoms in total. The maximum Gasteiger partial charge on any atom is 0.239 e. The van der Waals surface area contributed by atoms with Crippen LogP contribution in [-0.4, -0.2) is 103 Å². The maximum absolute atomic E-state index is 12.4. The third-order valence-electron chi connectivity index (χ3n) is 7.61. The molecule has 0 saturated carbocycles. The smallest absolute Gasteiger partial charge is 0.239 e. The fourth-order valence-corrected chi connectivity index (χ4v) is 4.94. The molecule has 1 aromatic rings. The molecule has 43 heavy (non-hydrogen) atoms. The first-order valence-electron chi connectivity index (χ1n) is 15.3. The Morgan fingerprint density at radius 1 is 1.09 bits per heavy atom. The number of carbonyl (C=O) groups excluding carboxylic acids is 4. The van der Waals surface area contributed by atoms with Crippen molar-refractivity contribution in [1.82, 2.24) is 16.0 Å². The standard InChI is InChI=1S/C31H49N4O8/c1-22-6-5-14-35(22)31(41)27(32)8-4-2-3-7-26(38)21-43-17-16-42-15-13-34-30(40)24(20-36)19-29(39)28(33)18-23-9-11-25(37)12-10-23/h9-12,22,24,27-28,33,36-37H,2-8,13-21,32H2,1H3,(H,34,40)/t22-,24+,27+,28+/m1/s1. The molecule has 1 saturated heterocycles. The number of carbonyl (C=O) groups is 4. The van der Waals surface area contributed by atoms with Crippen molar-refractivity contribution in [1.29, 1.82) is 0 Å². The van der Waals surface area contributed by atoms with Crippen molar-refractivity contribution in [2.24, 2.45) is 11.7 Å². The Morgan fingerprint density at radius 2 is 1.81 bits per heavy atom. The molecule has 0 bridgehead atoms. The van der Waals surface area contributed by atoms with Crippen LogP contribution in [0.15, 0.2) is 24.3 Å². The second kappa shape index (κ2) is 20.1. The molecule has 2 rings (SSSR count). The Hall–Kier alpha value is -2.90. The number of aliphatic hydroxyl groups is 1. The van der Waals surface area contributed by atoms with E-state index in [4.69, 9.17) is 20.9 Å². The zero-order chi connectivity index (χ0) is 31.6. The van der Waals surface area contributed by atoms with E-state index in [1.165, 1.54) is 12.1 Å². The molecule has 1 heterocycles. The van der Waals surface area contributed by atoms with Gasteiger partial charge in [-0.15, -0.1) is 0 Å². The largest absolute Gasteiger partial charge is 0.508 e. The van der Waals surface area contributed by atoms with Crippen molar-refractivity contribution in [3.05, 3.63) is 29.8 Å². The lowest BCUT2D eigenvalue weighted by Crippen LogP contribution is -2.45. The molecule has 4 atom stereocenters. The molecule has 12 heteroatoms. The molecular formula is C31H49N4O8. The van der Waals surface area contributed by atoms with Crippen LogP contribution in [0.1, 0.15) is 63.9 Å². The Labute approximate surface area is 254 Å². The van der Waals surface area contributed by atoms with E-state index in [1.54, 1.807) is 12.1 Å². The van der Waals surface area contributed by atoms with Crippen LogP contribution >= 0.6 is 0 Å². The van der Waals surface area contributed by atoms with Gasteiger partial charge in [0.2, 0.25) is 11.8 Å². The van der Waals surface area contributed by atoms with Gasteiger partial charge in [0.05, 0.1) is 44.4 Å². The number of phenolic OH excluding ortho intramolecular Hbond substituents is 1. The minimum Gasteiger partial charge on any atom is -0.508 e. The predicted molar refractivity (Wildman–Crippen MR) is 160 cm³/mol. The van der Waals surface area contributed by atoms with Crippen molar-refractivity contribution in [3.8, 4) is 5.75 Å². The van der Waals surface area contributed by atoms with Gasteiger partial charge in [0.25, 0.3) is 0 Å². The summed E-state index contributed by atoms with van der Waals surface area (Å²) < 4.78 is 10.8. The van der Waals surface area contributed by atoms with Gasteiger partial charge in [-0.3, -0.25) is 19.2 Å². The molecule has 1 aliphatic rings. The number of nitrogens with two attached hydrogens (primary N) is 1.